The van der Waals surface area contributed by atoms with Gasteiger partial charge in [0.2, 0.25) is 0 Å². The molecule has 2 atom stereocenters. The van der Waals surface area contributed by atoms with Crippen LogP contribution in [0.4, 0.5) is 22.0 Å². The summed E-state index contributed by atoms with van der Waals surface area (Å²) in [7, 11) is 0. The van der Waals surface area contributed by atoms with Gasteiger partial charge in [-0.1, -0.05) is 31.2 Å². The smallest absolute Gasteiger partial charge is 0.238 e. The van der Waals surface area contributed by atoms with Crippen LogP contribution in [0.2, 0.25) is 0 Å². The van der Waals surface area contributed by atoms with E-state index in [4.69, 9.17) is 0 Å². The van der Waals surface area contributed by atoms with E-state index < -0.39 is 47.5 Å². The quantitative estimate of drug-likeness (QED) is 0.557. The lowest BCUT2D eigenvalue weighted by molar-refractivity contribution is -0.105. The Morgan fingerprint density at radius 2 is 1.48 bits per heavy atom. The Labute approximate surface area is 143 Å². The molecule has 0 radical (unpaired) electrons. The highest BCUT2D eigenvalue weighted by Crippen LogP contribution is 2.53. The molecule has 0 N–H and O–H groups in total. The van der Waals surface area contributed by atoms with Crippen molar-refractivity contribution in [2.24, 2.45) is 0 Å². The van der Waals surface area contributed by atoms with Crippen LogP contribution >= 0.6 is 0 Å². The summed E-state index contributed by atoms with van der Waals surface area (Å²) < 4.78 is 70.4. The van der Waals surface area contributed by atoms with Crippen molar-refractivity contribution in [2.75, 3.05) is 0 Å². The molecule has 25 heavy (non-hydrogen) atoms. The van der Waals surface area contributed by atoms with Crippen molar-refractivity contribution >= 4 is 0 Å². The molecule has 1 fully saturated rings. The van der Waals surface area contributed by atoms with E-state index >= 15 is 0 Å². The molecular formula is C20H19F5. The van der Waals surface area contributed by atoms with Crippen LogP contribution < -0.4 is 0 Å². The van der Waals surface area contributed by atoms with E-state index in [2.05, 4.69) is 0 Å². The summed E-state index contributed by atoms with van der Waals surface area (Å²) in [5.41, 5.74) is -1.15. The van der Waals surface area contributed by atoms with E-state index in [-0.39, 0.29) is 0 Å². The summed E-state index contributed by atoms with van der Waals surface area (Å²) >= 11 is 0. The lowest BCUT2D eigenvalue weighted by Gasteiger charge is -2.21. The molecular weight excluding hydrogens is 335 g/mol. The molecule has 134 valence electrons. The summed E-state index contributed by atoms with van der Waals surface area (Å²) in [6.07, 6.45) is -0.642. The van der Waals surface area contributed by atoms with E-state index in [1.165, 1.54) is 0 Å². The number of alkyl halides is 3. The molecule has 2 unspecified atom stereocenters. The molecule has 2 aromatic carbocycles. The summed E-state index contributed by atoms with van der Waals surface area (Å²) in [6, 6.07) is 9.51. The SMILES string of the molecule is CCc1ccc(-c2cc(F)c(C3CC(C)(F)C(F)(F)C3)c(F)c2)cc1. The van der Waals surface area contributed by atoms with Gasteiger partial charge >= 0.3 is 0 Å². The van der Waals surface area contributed by atoms with Crippen molar-refractivity contribution in [1.29, 1.82) is 0 Å². The van der Waals surface area contributed by atoms with Gasteiger partial charge in [0, 0.05) is 12.0 Å². The fourth-order valence-corrected chi connectivity index (χ4v) is 3.48. The second kappa shape index (κ2) is 6.11. The zero-order valence-electron chi connectivity index (χ0n) is 14.1. The molecule has 0 saturated heterocycles. The first kappa shape index (κ1) is 17.9. The van der Waals surface area contributed by atoms with Crippen LogP contribution in [0.1, 0.15) is 43.7 Å². The molecule has 3 rings (SSSR count). The zero-order valence-corrected chi connectivity index (χ0v) is 14.1. The molecule has 0 aliphatic heterocycles. The van der Waals surface area contributed by atoms with Crippen LogP contribution in [-0.2, 0) is 6.42 Å². The lowest BCUT2D eigenvalue weighted by atomic mass is 9.92. The topological polar surface area (TPSA) is 0 Å². The van der Waals surface area contributed by atoms with E-state index in [1.54, 1.807) is 12.1 Å². The molecule has 0 aromatic heterocycles. The number of hydrogen-bond donors (Lipinski definition) is 0. The van der Waals surface area contributed by atoms with Crippen LogP contribution in [-0.4, -0.2) is 11.6 Å². The van der Waals surface area contributed by atoms with Crippen molar-refractivity contribution in [3.63, 3.8) is 0 Å². The first-order valence-corrected chi connectivity index (χ1v) is 8.29. The van der Waals surface area contributed by atoms with Crippen LogP contribution in [0.25, 0.3) is 11.1 Å². The van der Waals surface area contributed by atoms with Gasteiger partial charge in [0.15, 0.2) is 5.67 Å². The predicted molar refractivity (Wildman–Crippen MR) is 87.6 cm³/mol. The zero-order chi connectivity index (χ0) is 18.4. The molecule has 0 amide bonds. The van der Waals surface area contributed by atoms with Crippen molar-refractivity contribution in [2.45, 2.75) is 50.6 Å². The van der Waals surface area contributed by atoms with Crippen molar-refractivity contribution in [3.05, 3.63) is 59.2 Å². The third kappa shape index (κ3) is 3.16. The molecule has 0 nitrogen and oxygen atoms in total. The van der Waals surface area contributed by atoms with E-state index in [9.17, 15) is 22.0 Å². The Morgan fingerprint density at radius 1 is 0.920 bits per heavy atom. The van der Waals surface area contributed by atoms with Crippen molar-refractivity contribution in [3.8, 4) is 11.1 Å². The second-order valence-corrected chi connectivity index (χ2v) is 6.91. The third-order valence-corrected chi connectivity index (χ3v) is 5.08. The Hall–Kier alpha value is -1.91. The first-order chi connectivity index (χ1) is 11.6. The second-order valence-electron chi connectivity index (χ2n) is 6.91. The number of benzene rings is 2. The van der Waals surface area contributed by atoms with Gasteiger partial charge in [-0.25, -0.2) is 22.0 Å². The molecule has 2 aromatic rings. The van der Waals surface area contributed by atoms with Gasteiger partial charge in [0.1, 0.15) is 11.6 Å². The summed E-state index contributed by atoms with van der Waals surface area (Å²) in [6.45, 7) is 2.78. The minimum atomic E-state index is -3.59. The average Bonchev–Trinajstić information content (AvgIpc) is 2.74. The predicted octanol–water partition coefficient (Wildman–Crippen LogP) is 6.44. The van der Waals surface area contributed by atoms with Crippen molar-refractivity contribution in [1.82, 2.24) is 0 Å². The largest absolute Gasteiger partial charge is 0.281 e. The number of aryl methyl sites for hydroxylation is 1. The van der Waals surface area contributed by atoms with Crippen LogP contribution in [0.5, 0.6) is 0 Å². The van der Waals surface area contributed by atoms with Gasteiger partial charge in [0.25, 0.3) is 5.92 Å². The Morgan fingerprint density at radius 3 is 1.92 bits per heavy atom. The highest BCUT2D eigenvalue weighted by Gasteiger charge is 2.59. The number of halogens is 5. The lowest BCUT2D eigenvalue weighted by Crippen LogP contribution is -2.35. The molecule has 0 bridgehead atoms. The Kier molecular flexibility index (Phi) is 4.38. The third-order valence-electron chi connectivity index (χ3n) is 5.08. The standard InChI is InChI=1S/C20H19F5/c1-3-12-4-6-13(7-5-12)14-8-16(21)18(17(22)9-14)15-10-19(2,23)20(24,25)11-15/h4-9,15H,3,10-11H2,1-2H3. The monoisotopic (exact) mass is 354 g/mol. The average molecular weight is 354 g/mol. The summed E-state index contributed by atoms with van der Waals surface area (Å²) in [5.74, 6) is -6.59. The first-order valence-electron chi connectivity index (χ1n) is 8.29. The fourth-order valence-electron chi connectivity index (χ4n) is 3.48. The van der Waals surface area contributed by atoms with Crippen LogP contribution in [0.3, 0.4) is 0 Å². The molecule has 1 aliphatic rings. The Balaban J connectivity index is 1.96. The maximum atomic E-state index is 14.5. The van der Waals surface area contributed by atoms with Crippen molar-refractivity contribution < 1.29 is 22.0 Å². The molecule has 1 saturated carbocycles. The highest BCUT2D eigenvalue weighted by atomic mass is 19.3. The molecule has 1 aliphatic carbocycles. The number of hydrogen-bond acceptors (Lipinski definition) is 0. The van der Waals surface area contributed by atoms with Gasteiger partial charge in [-0.2, -0.15) is 0 Å². The normalized spacial score (nSPS) is 25.3. The Bertz CT molecular complexity index is 738. The maximum absolute atomic E-state index is 14.5. The van der Waals surface area contributed by atoms with Gasteiger partial charge < -0.3 is 0 Å². The summed E-state index contributed by atoms with van der Waals surface area (Å²) in [5, 5.41) is 0. The van der Waals surface area contributed by atoms with E-state index in [0.717, 1.165) is 31.0 Å². The van der Waals surface area contributed by atoms with Crippen LogP contribution in [0, 0.1) is 11.6 Å². The molecule has 5 heteroatoms. The van der Waals surface area contributed by atoms with Gasteiger partial charge in [0.05, 0.1) is 0 Å². The van der Waals surface area contributed by atoms with Crippen LogP contribution in [0.15, 0.2) is 36.4 Å². The fraction of sp³-hybridized carbons (Fsp3) is 0.400. The van der Waals surface area contributed by atoms with Gasteiger partial charge in [-0.05, 0) is 54.5 Å². The highest BCUT2D eigenvalue weighted by molar-refractivity contribution is 5.64. The summed E-state index contributed by atoms with van der Waals surface area (Å²) in [4.78, 5) is 0. The maximum Gasteiger partial charge on any atom is 0.281 e. The molecule has 0 heterocycles. The minimum Gasteiger partial charge on any atom is -0.238 e. The van der Waals surface area contributed by atoms with Gasteiger partial charge in [-0.15, -0.1) is 0 Å². The van der Waals surface area contributed by atoms with E-state index in [0.29, 0.717) is 11.1 Å². The minimum absolute atomic E-state index is 0.328. The van der Waals surface area contributed by atoms with Gasteiger partial charge in [-0.3, -0.25) is 0 Å². The molecule has 0 spiro atoms. The number of rotatable bonds is 3. The van der Waals surface area contributed by atoms with E-state index in [1.807, 2.05) is 19.1 Å².